The molecule has 4 aromatic carbocycles. The van der Waals surface area contributed by atoms with E-state index in [0.29, 0.717) is 0 Å². The molecule has 0 fully saturated rings. The third-order valence-corrected chi connectivity index (χ3v) is 8.48. The van der Waals surface area contributed by atoms with Gasteiger partial charge in [0, 0.05) is 33.4 Å². The fraction of sp³-hybridized carbons (Fsp3) is 0.143. The van der Waals surface area contributed by atoms with Crippen LogP contribution in [0.1, 0.15) is 34.0 Å². The van der Waals surface area contributed by atoms with Crippen LogP contribution in [0.2, 0.25) is 0 Å². The van der Waals surface area contributed by atoms with E-state index in [0.717, 1.165) is 84.6 Å². The maximum absolute atomic E-state index is 6.54. The van der Waals surface area contributed by atoms with Crippen molar-refractivity contribution in [1.82, 2.24) is 0 Å². The molecule has 3 heteroatoms. The van der Waals surface area contributed by atoms with Crippen LogP contribution in [0.5, 0.6) is 0 Å². The molecule has 45 heavy (non-hydrogen) atoms. The SMILES string of the molecule is Cc1ccc(-c2c(-c3ccc(C)cc3)c(-c3ccc(C)o3)c(-c3ccc(C)o3)c(-c3ccc(C)cc3)c2-c2ccc(C)o2)cc1. The van der Waals surface area contributed by atoms with Crippen molar-refractivity contribution >= 4 is 0 Å². The quantitative estimate of drug-likeness (QED) is 0.194. The smallest absolute Gasteiger partial charge is 0.135 e. The lowest BCUT2D eigenvalue weighted by molar-refractivity contribution is 0.542. The van der Waals surface area contributed by atoms with E-state index in [1.54, 1.807) is 0 Å². The third-order valence-electron chi connectivity index (χ3n) is 8.48. The molecule has 3 aromatic heterocycles. The lowest BCUT2D eigenvalue weighted by Crippen LogP contribution is -2.01. The molecular weight excluding hydrogens is 552 g/mol. The Morgan fingerprint density at radius 2 is 0.511 bits per heavy atom. The molecule has 3 heterocycles. The van der Waals surface area contributed by atoms with Gasteiger partial charge in [0.2, 0.25) is 0 Å². The van der Waals surface area contributed by atoms with Gasteiger partial charge in [-0.2, -0.15) is 0 Å². The summed E-state index contributed by atoms with van der Waals surface area (Å²) in [6.07, 6.45) is 0. The summed E-state index contributed by atoms with van der Waals surface area (Å²) in [6, 6.07) is 38.6. The van der Waals surface area contributed by atoms with Crippen LogP contribution in [-0.4, -0.2) is 0 Å². The molecule has 0 amide bonds. The predicted octanol–water partition coefficient (Wildman–Crippen LogP) is 12.3. The summed E-state index contributed by atoms with van der Waals surface area (Å²) in [5, 5.41) is 0. The van der Waals surface area contributed by atoms with E-state index in [9.17, 15) is 0 Å². The van der Waals surface area contributed by atoms with E-state index in [4.69, 9.17) is 13.3 Å². The van der Waals surface area contributed by atoms with Gasteiger partial charge in [0.15, 0.2) is 0 Å². The van der Waals surface area contributed by atoms with Gasteiger partial charge in [-0.05, 0) is 94.6 Å². The van der Waals surface area contributed by atoms with Gasteiger partial charge in [-0.1, -0.05) is 89.5 Å². The third kappa shape index (κ3) is 5.25. The van der Waals surface area contributed by atoms with Gasteiger partial charge in [-0.25, -0.2) is 0 Å². The van der Waals surface area contributed by atoms with Crippen molar-refractivity contribution < 1.29 is 13.3 Å². The van der Waals surface area contributed by atoms with Gasteiger partial charge in [0.1, 0.15) is 34.6 Å². The zero-order valence-corrected chi connectivity index (χ0v) is 26.6. The van der Waals surface area contributed by atoms with Crippen LogP contribution < -0.4 is 0 Å². The number of hydrogen-bond donors (Lipinski definition) is 0. The Hall–Kier alpha value is -5.28. The molecule has 0 atom stereocenters. The largest absolute Gasteiger partial charge is 0.461 e. The molecule has 0 N–H and O–H groups in total. The summed E-state index contributed by atoms with van der Waals surface area (Å²) in [6.45, 7) is 12.3. The van der Waals surface area contributed by atoms with Gasteiger partial charge in [0.25, 0.3) is 0 Å². The summed E-state index contributed by atoms with van der Waals surface area (Å²) in [5.74, 6) is 4.92. The monoisotopic (exact) mass is 588 g/mol. The lowest BCUT2D eigenvalue weighted by atomic mass is 9.77. The number of aryl methyl sites for hydroxylation is 6. The summed E-state index contributed by atoms with van der Waals surface area (Å²) < 4.78 is 19.6. The molecule has 0 spiro atoms. The average Bonchev–Trinajstić information content (AvgIpc) is 3.78. The van der Waals surface area contributed by atoms with Crippen LogP contribution in [0.15, 0.2) is 122 Å². The van der Waals surface area contributed by atoms with E-state index in [-0.39, 0.29) is 0 Å². The summed E-state index contributed by atoms with van der Waals surface area (Å²) in [7, 11) is 0. The Labute approximate surface area is 264 Å². The second kappa shape index (κ2) is 11.3. The minimum atomic E-state index is 0.778. The summed E-state index contributed by atoms with van der Waals surface area (Å²) >= 11 is 0. The van der Waals surface area contributed by atoms with Crippen molar-refractivity contribution in [1.29, 1.82) is 0 Å². The maximum Gasteiger partial charge on any atom is 0.135 e. The average molecular weight is 589 g/mol. The van der Waals surface area contributed by atoms with E-state index in [1.807, 2.05) is 39.0 Å². The maximum atomic E-state index is 6.54. The standard InChI is InChI=1S/C42H36O3/c1-25-7-16-31(17-8-25)37-38(32-18-9-26(2)10-19-32)41(35-23-14-29(5)44-35)42(36-24-15-30(6)45-36)39(33-20-11-27(3)12-21-33)40(37)34-22-13-28(4)43-34/h7-24H,1-6H3. The van der Waals surface area contributed by atoms with Crippen LogP contribution in [0.4, 0.5) is 0 Å². The second-order valence-electron chi connectivity index (χ2n) is 12.1. The second-order valence-corrected chi connectivity index (χ2v) is 12.1. The van der Waals surface area contributed by atoms with Crippen LogP contribution in [0.25, 0.3) is 67.4 Å². The highest BCUT2D eigenvalue weighted by atomic mass is 16.3. The van der Waals surface area contributed by atoms with Crippen molar-refractivity contribution in [2.45, 2.75) is 41.5 Å². The first kappa shape index (κ1) is 28.5. The summed E-state index contributed by atoms with van der Waals surface area (Å²) in [5.41, 5.74) is 13.0. The van der Waals surface area contributed by atoms with Crippen LogP contribution in [-0.2, 0) is 0 Å². The molecule has 0 aliphatic rings. The molecule has 222 valence electrons. The number of hydrogen-bond acceptors (Lipinski definition) is 3. The molecule has 3 nitrogen and oxygen atoms in total. The molecule has 0 aliphatic heterocycles. The van der Waals surface area contributed by atoms with Gasteiger partial charge < -0.3 is 13.3 Å². The highest BCUT2D eigenvalue weighted by molar-refractivity contribution is 6.13. The lowest BCUT2D eigenvalue weighted by Gasteiger charge is -2.26. The number of rotatable bonds is 6. The van der Waals surface area contributed by atoms with Crippen LogP contribution in [0, 0.1) is 41.5 Å². The van der Waals surface area contributed by atoms with Crippen LogP contribution in [0.3, 0.4) is 0 Å². The van der Waals surface area contributed by atoms with Crippen molar-refractivity contribution in [3.8, 4) is 67.4 Å². The van der Waals surface area contributed by atoms with E-state index in [1.165, 1.54) is 16.7 Å². The molecule has 0 saturated heterocycles. The van der Waals surface area contributed by atoms with E-state index in [2.05, 4.69) is 112 Å². The minimum Gasteiger partial charge on any atom is -0.461 e. The van der Waals surface area contributed by atoms with Gasteiger partial charge in [0.05, 0.1) is 0 Å². The molecule has 0 radical (unpaired) electrons. The molecule has 7 rings (SSSR count). The normalized spacial score (nSPS) is 11.3. The topological polar surface area (TPSA) is 39.4 Å². The first-order valence-electron chi connectivity index (χ1n) is 15.4. The van der Waals surface area contributed by atoms with Gasteiger partial charge >= 0.3 is 0 Å². The van der Waals surface area contributed by atoms with Crippen molar-refractivity contribution in [2.24, 2.45) is 0 Å². The van der Waals surface area contributed by atoms with Crippen LogP contribution >= 0.6 is 0 Å². The minimum absolute atomic E-state index is 0.778. The van der Waals surface area contributed by atoms with Crippen molar-refractivity contribution in [3.05, 3.63) is 143 Å². The van der Waals surface area contributed by atoms with Gasteiger partial charge in [-0.3, -0.25) is 0 Å². The van der Waals surface area contributed by atoms with Crippen molar-refractivity contribution in [3.63, 3.8) is 0 Å². The Balaban J connectivity index is 1.80. The first-order chi connectivity index (χ1) is 21.8. The molecular formula is C42H36O3. The Morgan fingerprint density at radius 3 is 0.756 bits per heavy atom. The van der Waals surface area contributed by atoms with E-state index >= 15 is 0 Å². The fourth-order valence-corrected chi connectivity index (χ4v) is 6.22. The highest BCUT2D eigenvalue weighted by Gasteiger charge is 2.32. The summed E-state index contributed by atoms with van der Waals surface area (Å²) in [4.78, 5) is 0. The predicted molar refractivity (Wildman–Crippen MR) is 184 cm³/mol. The zero-order chi connectivity index (χ0) is 31.2. The highest BCUT2D eigenvalue weighted by Crippen LogP contribution is 2.56. The molecule has 0 bridgehead atoms. The zero-order valence-electron chi connectivity index (χ0n) is 26.6. The first-order valence-corrected chi connectivity index (χ1v) is 15.4. The van der Waals surface area contributed by atoms with Crippen molar-refractivity contribution in [2.75, 3.05) is 0 Å². The Bertz CT molecular complexity index is 2130. The number of benzene rings is 4. The number of furan rings is 3. The molecule has 0 saturated carbocycles. The fourth-order valence-electron chi connectivity index (χ4n) is 6.22. The van der Waals surface area contributed by atoms with E-state index < -0.39 is 0 Å². The molecule has 0 unspecified atom stereocenters. The Morgan fingerprint density at radius 1 is 0.267 bits per heavy atom. The molecule has 7 aromatic rings. The Kier molecular flexibility index (Phi) is 7.17. The molecule has 0 aliphatic carbocycles. The van der Waals surface area contributed by atoms with Gasteiger partial charge in [-0.15, -0.1) is 0 Å².